The molecule has 2 heterocycles. The summed E-state index contributed by atoms with van der Waals surface area (Å²) in [6.45, 7) is 0.913. The third-order valence-corrected chi connectivity index (χ3v) is 6.77. The molecule has 3 nitrogen and oxygen atoms in total. The third kappa shape index (κ3) is 4.64. The van der Waals surface area contributed by atoms with Gasteiger partial charge in [-0.2, -0.15) is 0 Å². The molecule has 5 heteroatoms. The summed E-state index contributed by atoms with van der Waals surface area (Å²) in [4.78, 5) is 5.43. The molecule has 0 radical (unpaired) electrons. The summed E-state index contributed by atoms with van der Waals surface area (Å²) in [5.41, 5.74) is 3.46. The summed E-state index contributed by atoms with van der Waals surface area (Å²) in [6.07, 6.45) is 6.03. The number of halogens is 1. The predicted molar refractivity (Wildman–Crippen MR) is 126 cm³/mol. The Kier molecular flexibility index (Phi) is 5.98. The second-order valence-corrected chi connectivity index (χ2v) is 8.86. The smallest absolute Gasteiger partial charge is 0.123 e. The van der Waals surface area contributed by atoms with Crippen LogP contribution in [-0.2, 0) is 0 Å². The van der Waals surface area contributed by atoms with Gasteiger partial charge in [0.15, 0.2) is 0 Å². The molecule has 1 aliphatic heterocycles. The molecule has 1 aliphatic rings. The summed E-state index contributed by atoms with van der Waals surface area (Å²) < 4.78 is 16.7. The molecule has 0 amide bonds. The fourth-order valence-corrected chi connectivity index (χ4v) is 5.08. The molecule has 1 saturated heterocycles. The third-order valence-electron chi connectivity index (χ3n) is 5.88. The first-order valence-electron chi connectivity index (χ1n) is 10.6. The van der Waals surface area contributed by atoms with E-state index in [0.29, 0.717) is 12.1 Å². The lowest BCUT2D eigenvalue weighted by atomic mass is 10.00. The van der Waals surface area contributed by atoms with Gasteiger partial charge in [0.25, 0.3) is 0 Å². The number of hydrogen-bond acceptors (Lipinski definition) is 4. The molecule has 1 aromatic heterocycles. The lowest BCUT2D eigenvalue weighted by Gasteiger charge is -2.16. The summed E-state index contributed by atoms with van der Waals surface area (Å²) in [6, 6.07) is 24.5. The zero-order valence-electron chi connectivity index (χ0n) is 17.1. The van der Waals surface area contributed by atoms with Crippen molar-refractivity contribution in [1.82, 2.24) is 15.0 Å². The van der Waals surface area contributed by atoms with Crippen molar-refractivity contribution in [2.45, 2.75) is 29.8 Å². The van der Waals surface area contributed by atoms with Crippen LogP contribution in [0, 0.1) is 5.82 Å². The van der Waals surface area contributed by atoms with Gasteiger partial charge in [0.2, 0.25) is 0 Å². The number of aromatic nitrogens is 1. The van der Waals surface area contributed by atoms with Crippen LogP contribution >= 0.6 is 11.9 Å². The predicted octanol–water partition coefficient (Wildman–Crippen LogP) is 6.13. The average Bonchev–Trinajstić information content (AvgIpc) is 3.29. The molecular formula is C26H24FN3S. The maximum atomic E-state index is 13.1. The van der Waals surface area contributed by atoms with Crippen LogP contribution in [0.25, 0.3) is 21.9 Å². The van der Waals surface area contributed by atoms with E-state index in [4.69, 9.17) is 0 Å². The number of fused-ring (bicyclic) bond motifs is 1. The molecule has 2 N–H and O–H groups in total. The van der Waals surface area contributed by atoms with E-state index >= 15 is 0 Å². The minimum Gasteiger partial charge on any atom is -0.306 e. The highest BCUT2D eigenvalue weighted by molar-refractivity contribution is 7.97. The first-order valence-corrected chi connectivity index (χ1v) is 11.4. The van der Waals surface area contributed by atoms with Crippen LogP contribution in [0.5, 0.6) is 0 Å². The van der Waals surface area contributed by atoms with Crippen LogP contribution in [0.3, 0.4) is 0 Å². The molecule has 0 spiro atoms. The second-order valence-electron chi connectivity index (χ2n) is 7.93. The average molecular weight is 430 g/mol. The minimum atomic E-state index is -0.203. The molecular weight excluding hydrogens is 405 g/mol. The van der Waals surface area contributed by atoms with Crippen LogP contribution in [0.15, 0.2) is 90.1 Å². The lowest BCUT2D eigenvalue weighted by Crippen LogP contribution is -2.32. The van der Waals surface area contributed by atoms with E-state index in [1.807, 2.05) is 24.5 Å². The summed E-state index contributed by atoms with van der Waals surface area (Å²) >= 11 is 1.69. The van der Waals surface area contributed by atoms with Gasteiger partial charge in [-0.25, -0.2) is 4.39 Å². The molecule has 5 rings (SSSR count). The van der Waals surface area contributed by atoms with Crippen LogP contribution in [0.2, 0.25) is 0 Å². The number of rotatable bonds is 6. The van der Waals surface area contributed by atoms with E-state index in [1.54, 1.807) is 11.9 Å². The molecule has 0 bridgehead atoms. The van der Waals surface area contributed by atoms with Gasteiger partial charge in [-0.3, -0.25) is 9.71 Å². The monoisotopic (exact) mass is 429 g/mol. The highest BCUT2D eigenvalue weighted by atomic mass is 32.2. The fourth-order valence-electron chi connectivity index (χ4n) is 4.19. The molecule has 3 aromatic carbocycles. The molecule has 31 heavy (non-hydrogen) atoms. The van der Waals surface area contributed by atoms with Crippen LogP contribution in [0.1, 0.15) is 24.4 Å². The number of pyridine rings is 1. The zero-order valence-corrected chi connectivity index (χ0v) is 17.9. The Morgan fingerprint density at radius 1 is 0.935 bits per heavy atom. The van der Waals surface area contributed by atoms with E-state index in [-0.39, 0.29) is 5.82 Å². The Labute approximate surface area is 186 Å². The van der Waals surface area contributed by atoms with Crippen LogP contribution in [0.4, 0.5) is 4.39 Å². The topological polar surface area (TPSA) is 37.0 Å². The molecule has 2 unspecified atom stereocenters. The van der Waals surface area contributed by atoms with Crippen molar-refractivity contribution in [2.75, 3.05) is 6.54 Å². The molecule has 4 aromatic rings. The number of benzene rings is 3. The maximum Gasteiger partial charge on any atom is 0.123 e. The first kappa shape index (κ1) is 20.2. The van der Waals surface area contributed by atoms with Gasteiger partial charge >= 0.3 is 0 Å². The Bertz CT molecular complexity index is 1160. The lowest BCUT2D eigenvalue weighted by molar-refractivity contribution is 0.550. The summed E-state index contributed by atoms with van der Waals surface area (Å²) in [7, 11) is 0. The van der Waals surface area contributed by atoms with Gasteiger partial charge in [-0.15, -0.1) is 0 Å². The number of nitrogens with one attached hydrogen (secondary N) is 2. The van der Waals surface area contributed by atoms with Crippen molar-refractivity contribution >= 4 is 22.7 Å². The van der Waals surface area contributed by atoms with Crippen molar-refractivity contribution in [3.8, 4) is 11.1 Å². The number of nitrogens with zero attached hydrogens (tertiary/aromatic N) is 1. The Morgan fingerprint density at radius 2 is 1.71 bits per heavy atom. The molecule has 0 aliphatic carbocycles. The van der Waals surface area contributed by atoms with E-state index in [0.717, 1.165) is 35.9 Å². The largest absolute Gasteiger partial charge is 0.306 e. The standard InChI is InChI=1S/C26H24FN3S/c27-22-10-8-19(9-11-22)18-4-6-20(7-5-18)25-13-12-23(30-25)17-29-31-26-3-1-2-21-16-28-15-14-24(21)26/h1-11,14-16,23,25,29-30H,12-13,17H2. The Balaban J connectivity index is 1.16. The van der Waals surface area contributed by atoms with E-state index in [1.165, 1.54) is 28.0 Å². The molecule has 2 atom stereocenters. The highest BCUT2D eigenvalue weighted by Gasteiger charge is 2.24. The van der Waals surface area contributed by atoms with Gasteiger partial charge < -0.3 is 5.32 Å². The van der Waals surface area contributed by atoms with Gasteiger partial charge in [-0.05, 0) is 71.1 Å². The zero-order chi connectivity index (χ0) is 21.0. The van der Waals surface area contributed by atoms with Gasteiger partial charge in [-0.1, -0.05) is 48.5 Å². The molecule has 0 saturated carbocycles. The first-order chi connectivity index (χ1) is 15.3. The maximum absolute atomic E-state index is 13.1. The number of hydrogen-bond donors (Lipinski definition) is 2. The van der Waals surface area contributed by atoms with Crippen molar-refractivity contribution in [3.05, 3.63) is 96.6 Å². The minimum absolute atomic E-state index is 0.203. The van der Waals surface area contributed by atoms with E-state index < -0.39 is 0 Å². The van der Waals surface area contributed by atoms with Gasteiger partial charge in [0, 0.05) is 41.3 Å². The van der Waals surface area contributed by atoms with E-state index in [9.17, 15) is 4.39 Å². The Morgan fingerprint density at radius 3 is 2.52 bits per heavy atom. The van der Waals surface area contributed by atoms with Gasteiger partial charge in [0.1, 0.15) is 5.82 Å². The van der Waals surface area contributed by atoms with Gasteiger partial charge in [0.05, 0.1) is 0 Å². The van der Waals surface area contributed by atoms with E-state index in [2.05, 4.69) is 63.6 Å². The normalized spacial score (nSPS) is 18.5. The summed E-state index contributed by atoms with van der Waals surface area (Å²) in [5.74, 6) is -0.203. The second kappa shape index (κ2) is 9.18. The van der Waals surface area contributed by atoms with Crippen LogP contribution < -0.4 is 10.0 Å². The van der Waals surface area contributed by atoms with Crippen molar-refractivity contribution in [2.24, 2.45) is 0 Å². The molecule has 1 fully saturated rings. The fraction of sp³-hybridized carbons (Fsp3) is 0.192. The van der Waals surface area contributed by atoms with Crippen molar-refractivity contribution in [3.63, 3.8) is 0 Å². The highest BCUT2D eigenvalue weighted by Crippen LogP contribution is 2.30. The SMILES string of the molecule is Fc1ccc(-c2ccc(C3CCC(CNSc4cccc5cnccc45)N3)cc2)cc1. The van der Waals surface area contributed by atoms with Crippen molar-refractivity contribution < 1.29 is 4.39 Å². The molecule has 156 valence electrons. The Hall–Kier alpha value is -2.73. The quantitative estimate of drug-likeness (QED) is 0.362. The summed E-state index contributed by atoms with van der Waals surface area (Å²) in [5, 5.41) is 6.16. The van der Waals surface area contributed by atoms with Crippen LogP contribution in [-0.4, -0.2) is 17.6 Å². The van der Waals surface area contributed by atoms with Crippen molar-refractivity contribution in [1.29, 1.82) is 0 Å².